The quantitative estimate of drug-likeness (QED) is 0.139. The lowest BCUT2D eigenvalue weighted by molar-refractivity contribution is -0.136. The number of urea groups is 1. The minimum Gasteiger partial charge on any atom is -0.384 e. The molecule has 0 bridgehead atoms. The molecule has 2 fully saturated rings. The number of aromatic nitrogens is 4. The Morgan fingerprint density at radius 2 is 1.75 bits per heavy atom. The lowest BCUT2D eigenvalue weighted by atomic mass is 9.92. The van der Waals surface area contributed by atoms with Gasteiger partial charge in [-0.25, -0.2) is 13.6 Å². The van der Waals surface area contributed by atoms with Gasteiger partial charge in [-0.05, 0) is 80.3 Å². The number of imide groups is 2. The fraction of sp³-hybridized carbons (Fsp3) is 0.467. The first-order valence-electron chi connectivity index (χ1n) is 22.1. The van der Waals surface area contributed by atoms with E-state index in [2.05, 4.69) is 25.7 Å². The van der Waals surface area contributed by atoms with Crippen LogP contribution in [0.3, 0.4) is 0 Å². The number of carbonyl (C=O) groups is 6. The predicted molar refractivity (Wildman–Crippen MR) is 230 cm³/mol. The van der Waals surface area contributed by atoms with Gasteiger partial charge >= 0.3 is 6.03 Å². The molecule has 5 aliphatic rings. The number of benzene rings is 2. The van der Waals surface area contributed by atoms with Gasteiger partial charge in [0, 0.05) is 106 Å². The standard InChI is InChI=1S/C45H51F2N11O6/c1-48-45(64)55-20-15-34-32(25-55)41(56-17-6-7-26-21-30(27-23-50-53(2)24-27)31(40(46)47)22-36(26)56)52-58(34)28-13-18-54(19-14-28)38(60)10-3-4-16-49-33-9-5-8-29-39(33)44(63)57(43(29)62)35-11-12-37(59)51-42(35)61/h5,8-9,21-24,28,35,40,49H,3-4,6-7,10-20,25H2,1-2H3,(H,48,64)(H,51,59,61). The van der Waals surface area contributed by atoms with E-state index in [1.165, 1.54) is 0 Å². The maximum absolute atomic E-state index is 14.7. The van der Waals surface area contributed by atoms with Crippen LogP contribution in [-0.4, -0.2) is 116 Å². The summed E-state index contributed by atoms with van der Waals surface area (Å²) in [5, 5.41) is 17.7. The number of halogens is 2. The van der Waals surface area contributed by atoms with Gasteiger partial charge in [0.05, 0.1) is 29.9 Å². The molecule has 5 aliphatic heterocycles. The van der Waals surface area contributed by atoms with E-state index in [-0.39, 0.29) is 47.5 Å². The molecule has 3 N–H and O–H groups in total. The van der Waals surface area contributed by atoms with Crippen LogP contribution in [0.1, 0.15) is 107 Å². The lowest BCUT2D eigenvalue weighted by Crippen LogP contribution is -2.54. The molecule has 2 saturated heterocycles. The van der Waals surface area contributed by atoms with Crippen LogP contribution >= 0.6 is 0 Å². The maximum Gasteiger partial charge on any atom is 0.317 e. The first-order valence-corrected chi connectivity index (χ1v) is 22.1. The van der Waals surface area contributed by atoms with Gasteiger partial charge in [-0.2, -0.15) is 10.2 Å². The molecule has 19 heteroatoms. The number of aryl methyl sites for hydroxylation is 2. The van der Waals surface area contributed by atoms with Gasteiger partial charge in [0.2, 0.25) is 17.7 Å². The van der Waals surface area contributed by atoms with Crippen molar-refractivity contribution in [2.45, 2.75) is 89.3 Å². The number of fused-ring (bicyclic) bond motifs is 3. The molecule has 2 aromatic heterocycles. The van der Waals surface area contributed by atoms with Crippen molar-refractivity contribution < 1.29 is 37.5 Å². The third-order valence-electron chi connectivity index (χ3n) is 13.2. The second kappa shape index (κ2) is 17.5. The van der Waals surface area contributed by atoms with Crippen molar-refractivity contribution in [1.82, 2.24) is 44.9 Å². The van der Waals surface area contributed by atoms with Crippen molar-refractivity contribution in [2.75, 3.05) is 50.0 Å². The lowest BCUT2D eigenvalue weighted by Gasteiger charge is -2.34. The zero-order valence-electron chi connectivity index (χ0n) is 35.9. The molecule has 0 aliphatic carbocycles. The second-order valence-corrected chi connectivity index (χ2v) is 17.1. The molecule has 4 aromatic rings. The fourth-order valence-corrected chi connectivity index (χ4v) is 9.94. The highest BCUT2D eigenvalue weighted by Crippen LogP contribution is 2.44. The van der Waals surface area contributed by atoms with Gasteiger partial charge in [0.1, 0.15) is 6.04 Å². The number of nitrogens with one attached hydrogen (secondary N) is 3. The molecule has 7 heterocycles. The van der Waals surface area contributed by atoms with Crippen LogP contribution in [0.15, 0.2) is 42.7 Å². The molecule has 0 spiro atoms. The third-order valence-corrected chi connectivity index (χ3v) is 13.2. The molecule has 0 radical (unpaired) electrons. The number of anilines is 3. The van der Waals surface area contributed by atoms with Gasteiger partial charge in [-0.1, -0.05) is 6.07 Å². The van der Waals surface area contributed by atoms with Gasteiger partial charge in [0.15, 0.2) is 5.82 Å². The highest BCUT2D eigenvalue weighted by molar-refractivity contribution is 6.25. The summed E-state index contributed by atoms with van der Waals surface area (Å²) in [5.41, 5.74) is 5.49. The maximum atomic E-state index is 14.7. The fourth-order valence-electron chi connectivity index (χ4n) is 9.94. The summed E-state index contributed by atoms with van der Waals surface area (Å²) in [6, 6.07) is 7.16. The number of rotatable bonds is 11. The van der Waals surface area contributed by atoms with Crippen LogP contribution < -0.4 is 20.9 Å². The molecule has 9 rings (SSSR count). The smallest absolute Gasteiger partial charge is 0.317 e. The number of carbonyl (C=O) groups excluding carboxylic acids is 6. The summed E-state index contributed by atoms with van der Waals surface area (Å²) in [6.07, 6.45) is 5.80. The highest BCUT2D eigenvalue weighted by Gasteiger charge is 2.46. The van der Waals surface area contributed by atoms with Gasteiger partial charge < -0.3 is 25.3 Å². The third kappa shape index (κ3) is 7.84. The molecule has 1 atom stereocenters. The van der Waals surface area contributed by atoms with E-state index in [9.17, 15) is 37.5 Å². The Bertz CT molecular complexity index is 2550. The molecular formula is C45H51F2N11O6. The summed E-state index contributed by atoms with van der Waals surface area (Å²) in [4.78, 5) is 83.8. The molecule has 17 nitrogen and oxygen atoms in total. The van der Waals surface area contributed by atoms with E-state index in [0.29, 0.717) is 106 Å². The topological polar surface area (TPSA) is 187 Å². The Balaban J connectivity index is 0.845. The summed E-state index contributed by atoms with van der Waals surface area (Å²) in [7, 11) is 3.36. The second-order valence-electron chi connectivity index (χ2n) is 17.1. The van der Waals surface area contributed by atoms with Gasteiger partial charge in [-0.15, -0.1) is 0 Å². The van der Waals surface area contributed by atoms with Crippen LogP contribution in [0.2, 0.25) is 0 Å². The van der Waals surface area contributed by atoms with Gasteiger partial charge in [-0.3, -0.25) is 43.6 Å². The Labute approximate surface area is 368 Å². The van der Waals surface area contributed by atoms with Crippen LogP contribution in [0.5, 0.6) is 0 Å². The number of alkyl halides is 2. The van der Waals surface area contributed by atoms with E-state index in [1.54, 1.807) is 60.3 Å². The van der Waals surface area contributed by atoms with Crippen molar-refractivity contribution in [2.24, 2.45) is 7.05 Å². The monoisotopic (exact) mass is 879 g/mol. The molecule has 7 amide bonds. The van der Waals surface area contributed by atoms with E-state index in [1.807, 2.05) is 15.9 Å². The van der Waals surface area contributed by atoms with Crippen LogP contribution in [0.25, 0.3) is 11.1 Å². The van der Waals surface area contributed by atoms with E-state index in [4.69, 9.17) is 5.10 Å². The molecule has 336 valence electrons. The summed E-state index contributed by atoms with van der Waals surface area (Å²) in [5.74, 6) is -1.52. The summed E-state index contributed by atoms with van der Waals surface area (Å²) < 4.78 is 33.1. The van der Waals surface area contributed by atoms with E-state index in [0.717, 1.165) is 34.6 Å². The normalized spacial score (nSPS) is 18.9. The van der Waals surface area contributed by atoms with Crippen LogP contribution in [-0.2, 0) is 40.8 Å². The predicted octanol–water partition coefficient (Wildman–Crippen LogP) is 4.85. The molecule has 0 saturated carbocycles. The number of amides is 7. The molecular weight excluding hydrogens is 829 g/mol. The van der Waals surface area contributed by atoms with Crippen LogP contribution in [0, 0.1) is 0 Å². The van der Waals surface area contributed by atoms with Crippen molar-refractivity contribution in [3.05, 3.63) is 76.2 Å². The largest absolute Gasteiger partial charge is 0.384 e. The Hall–Kier alpha value is -6.66. The number of hydrogen-bond donors (Lipinski definition) is 3. The Kier molecular flexibility index (Phi) is 11.6. The summed E-state index contributed by atoms with van der Waals surface area (Å²) in [6.45, 7) is 2.97. The number of hydrogen-bond acceptors (Lipinski definition) is 10. The molecule has 2 aromatic carbocycles. The highest BCUT2D eigenvalue weighted by atomic mass is 19.3. The van der Waals surface area contributed by atoms with Crippen molar-refractivity contribution in [3.8, 4) is 11.1 Å². The van der Waals surface area contributed by atoms with Crippen LogP contribution in [0.4, 0.5) is 30.8 Å². The first kappa shape index (κ1) is 42.6. The minimum absolute atomic E-state index is 0.00393. The van der Waals surface area contributed by atoms with Crippen molar-refractivity contribution >= 4 is 52.8 Å². The summed E-state index contributed by atoms with van der Waals surface area (Å²) >= 11 is 0. The number of nitrogens with zero attached hydrogens (tertiary/aromatic N) is 8. The number of piperidine rings is 2. The minimum atomic E-state index is -2.71. The van der Waals surface area contributed by atoms with Gasteiger partial charge in [0.25, 0.3) is 18.2 Å². The van der Waals surface area contributed by atoms with E-state index >= 15 is 0 Å². The zero-order valence-corrected chi connectivity index (χ0v) is 35.9. The average molecular weight is 880 g/mol. The number of unbranched alkanes of at least 4 members (excludes halogenated alkanes) is 1. The Morgan fingerprint density at radius 3 is 2.48 bits per heavy atom. The Morgan fingerprint density at radius 1 is 0.938 bits per heavy atom. The molecule has 1 unspecified atom stereocenters. The SMILES string of the molecule is CNC(=O)N1CCc2c(c(N3CCCc4cc(-c5cnn(C)c5)c(C(F)F)cc43)nn2C2CCN(C(=O)CCCCNc3cccc4c3C(=O)N(C3CCC(=O)NC3=O)C4=O)CC2)C1. The van der Waals surface area contributed by atoms with E-state index < -0.39 is 36.1 Å². The molecule has 64 heavy (non-hydrogen) atoms. The zero-order chi connectivity index (χ0) is 44.8. The van der Waals surface area contributed by atoms with Crippen molar-refractivity contribution in [3.63, 3.8) is 0 Å². The average Bonchev–Trinajstić information content (AvgIpc) is 3.98. The van der Waals surface area contributed by atoms with Crippen molar-refractivity contribution in [1.29, 1.82) is 0 Å². The first-order chi connectivity index (χ1) is 30.9. The number of likely N-dealkylation sites (tertiary alicyclic amines) is 1.